The Balaban J connectivity index is 1.56. The van der Waals surface area contributed by atoms with Crippen molar-refractivity contribution in [1.29, 1.82) is 0 Å². The van der Waals surface area contributed by atoms with E-state index in [2.05, 4.69) is 30.4 Å². The summed E-state index contributed by atoms with van der Waals surface area (Å²) in [5.74, 6) is 2.29. The first-order valence-corrected chi connectivity index (χ1v) is 10.6. The average Bonchev–Trinajstić information content (AvgIpc) is 2.78. The summed E-state index contributed by atoms with van der Waals surface area (Å²) in [5, 5.41) is 3.41. The molecule has 4 rings (SSSR count). The highest BCUT2D eigenvalue weighted by Crippen LogP contribution is 2.40. The number of rotatable bonds is 5. The smallest absolute Gasteiger partial charge is 0.189 e. The Morgan fingerprint density at radius 2 is 2.00 bits per heavy atom. The molecule has 2 aliphatic rings. The molecule has 0 bridgehead atoms. The van der Waals surface area contributed by atoms with E-state index in [1.165, 1.54) is 11.1 Å². The molecule has 0 spiro atoms. The van der Waals surface area contributed by atoms with Crippen LogP contribution in [-0.2, 0) is 10.2 Å². The summed E-state index contributed by atoms with van der Waals surface area (Å²) >= 11 is 0. The molecule has 6 heteroatoms. The third-order valence-corrected chi connectivity index (χ3v) is 6.21. The third kappa shape index (κ3) is 4.24. The molecule has 1 fully saturated rings. The maximum absolute atomic E-state index is 6.35. The summed E-state index contributed by atoms with van der Waals surface area (Å²) in [5.41, 5.74) is 9.75. The first-order chi connectivity index (χ1) is 14.6. The monoisotopic (exact) mass is 409 g/mol. The van der Waals surface area contributed by atoms with Crippen LogP contribution in [0.4, 0.5) is 0 Å². The van der Waals surface area contributed by atoms with Gasteiger partial charge in [-0.3, -0.25) is 4.99 Å². The van der Waals surface area contributed by atoms with Gasteiger partial charge in [-0.25, -0.2) is 0 Å². The zero-order valence-corrected chi connectivity index (χ0v) is 17.8. The zero-order chi connectivity index (χ0) is 21.0. The summed E-state index contributed by atoms with van der Waals surface area (Å²) in [4.78, 5) is 4.80. The summed E-state index contributed by atoms with van der Waals surface area (Å²) < 4.78 is 17.1. The highest BCUT2D eigenvalue weighted by atomic mass is 16.5. The van der Waals surface area contributed by atoms with Crippen LogP contribution in [0, 0.1) is 6.92 Å². The molecule has 1 saturated heterocycles. The topological polar surface area (TPSA) is 78.1 Å². The van der Waals surface area contributed by atoms with Crippen molar-refractivity contribution in [3.8, 4) is 11.5 Å². The molecule has 2 aliphatic heterocycles. The maximum atomic E-state index is 6.35. The largest absolute Gasteiger partial charge is 0.496 e. The number of aliphatic imine (C=N–C) groups is 1. The number of nitrogens with two attached hydrogens (primary N) is 1. The lowest BCUT2D eigenvalue weighted by molar-refractivity contribution is 0.0522. The van der Waals surface area contributed by atoms with Crippen LogP contribution in [0.5, 0.6) is 11.5 Å². The molecule has 6 nitrogen and oxygen atoms in total. The van der Waals surface area contributed by atoms with Crippen LogP contribution in [0.15, 0.2) is 47.5 Å². The lowest BCUT2D eigenvalue weighted by Crippen LogP contribution is -2.41. The van der Waals surface area contributed by atoms with Crippen molar-refractivity contribution >= 4 is 5.96 Å². The summed E-state index contributed by atoms with van der Waals surface area (Å²) in [7, 11) is 1.73. The third-order valence-electron chi connectivity index (χ3n) is 6.21. The van der Waals surface area contributed by atoms with Crippen molar-refractivity contribution in [1.82, 2.24) is 5.32 Å². The number of benzene rings is 2. The minimum atomic E-state index is -0.143. The second kappa shape index (κ2) is 8.96. The SMILES string of the molecule is COc1ccc(C)cc1C1(CN=C(N)NC2CCOc3ccccc32)CCOCC1. The molecule has 1 unspecified atom stereocenters. The number of hydrogen-bond donors (Lipinski definition) is 2. The summed E-state index contributed by atoms with van der Waals surface area (Å²) in [6, 6.07) is 14.5. The fourth-order valence-electron chi connectivity index (χ4n) is 4.46. The van der Waals surface area contributed by atoms with Gasteiger partial charge in [-0.2, -0.15) is 0 Å². The second-order valence-electron chi connectivity index (χ2n) is 8.17. The van der Waals surface area contributed by atoms with Crippen molar-refractivity contribution in [2.45, 2.75) is 37.6 Å². The van der Waals surface area contributed by atoms with Crippen LogP contribution < -0.4 is 20.5 Å². The molecule has 2 aromatic rings. The van der Waals surface area contributed by atoms with Gasteiger partial charge in [0.15, 0.2) is 5.96 Å². The van der Waals surface area contributed by atoms with Crippen LogP contribution >= 0.6 is 0 Å². The summed E-state index contributed by atoms with van der Waals surface area (Å²) in [6.45, 7) is 4.81. The Bertz CT molecular complexity index is 906. The first-order valence-electron chi connectivity index (χ1n) is 10.6. The fourth-order valence-corrected chi connectivity index (χ4v) is 4.46. The van der Waals surface area contributed by atoms with Gasteiger partial charge in [-0.05, 0) is 31.9 Å². The fraction of sp³-hybridized carbons (Fsp3) is 0.458. The number of hydrogen-bond acceptors (Lipinski definition) is 4. The van der Waals surface area contributed by atoms with Crippen molar-refractivity contribution in [3.05, 3.63) is 59.2 Å². The number of fused-ring (bicyclic) bond motifs is 1. The molecule has 0 aromatic heterocycles. The molecule has 2 heterocycles. The van der Waals surface area contributed by atoms with E-state index in [4.69, 9.17) is 24.9 Å². The van der Waals surface area contributed by atoms with E-state index in [-0.39, 0.29) is 11.5 Å². The molecule has 30 heavy (non-hydrogen) atoms. The molecule has 0 saturated carbocycles. The van der Waals surface area contributed by atoms with Gasteiger partial charge < -0.3 is 25.3 Å². The number of methoxy groups -OCH3 is 1. The summed E-state index contributed by atoms with van der Waals surface area (Å²) in [6.07, 6.45) is 2.64. The van der Waals surface area contributed by atoms with Crippen LogP contribution in [0.2, 0.25) is 0 Å². The Morgan fingerprint density at radius 1 is 1.20 bits per heavy atom. The Hall–Kier alpha value is -2.73. The average molecular weight is 410 g/mol. The molecule has 160 valence electrons. The van der Waals surface area contributed by atoms with Gasteiger partial charge in [0, 0.05) is 36.2 Å². The Kier molecular flexibility index (Phi) is 6.13. The molecule has 0 amide bonds. The molecule has 0 radical (unpaired) electrons. The predicted octanol–water partition coefficient (Wildman–Crippen LogP) is 3.48. The van der Waals surface area contributed by atoms with Gasteiger partial charge in [0.1, 0.15) is 11.5 Å². The van der Waals surface area contributed by atoms with Gasteiger partial charge in [0.25, 0.3) is 0 Å². The number of aryl methyl sites for hydroxylation is 1. The molecule has 3 N–H and O–H groups in total. The number of para-hydroxylation sites is 1. The van der Waals surface area contributed by atoms with Gasteiger partial charge in [0.05, 0.1) is 26.3 Å². The van der Waals surface area contributed by atoms with E-state index in [9.17, 15) is 0 Å². The van der Waals surface area contributed by atoms with Gasteiger partial charge in [-0.15, -0.1) is 0 Å². The van der Waals surface area contributed by atoms with Gasteiger partial charge >= 0.3 is 0 Å². The van der Waals surface area contributed by atoms with Gasteiger partial charge in [0.2, 0.25) is 0 Å². The van der Waals surface area contributed by atoms with Crippen molar-refractivity contribution in [2.24, 2.45) is 10.7 Å². The van der Waals surface area contributed by atoms with Crippen LogP contribution in [0.1, 0.15) is 42.0 Å². The highest BCUT2D eigenvalue weighted by Gasteiger charge is 2.37. The molecular weight excluding hydrogens is 378 g/mol. The van der Waals surface area contributed by atoms with Crippen molar-refractivity contribution < 1.29 is 14.2 Å². The normalized spacial score (nSPS) is 20.7. The number of ether oxygens (including phenoxy) is 3. The second-order valence-corrected chi connectivity index (χ2v) is 8.17. The molecule has 0 aliphatic carbocycles. The van der Waals surface area contributed by atoms with Crippen LogP contribution in [0.3, 0.4) is 0 Å². The maximum Gasteiger partial charge on any atom is 0.189 e. The van der Waals surface area contributed by atoms with E-state index in [0.717, 1.165) is 36.3 Å². The molecule has 1 atom stereocenters. The Labute approximate surface area is 178 Å². The lowest BCUT2D eigenvalue weighted by Gasteiger charge is -2.37. The van der Waals surface area contributed by atoms with Crippen molar-refractivity contribution in [2.75, 3.05) is 33.5 Å². The van der Waals surface area contributed by atoms with E-state index in [1.54, 1.807) is 7.11 Å². The number of nitrogens with one attached hydrogen (secondary N) is 1. The number of nitrogens with zero attached hydrogens (tertiary/aromatic N) is 1. The number of guanidine groups is 1. The van der Waals surface area contributed by atoms with E-state index >= 15 is 0 Å². The minimum absolute atomic E-state index is 0.109. The predicted molar refractivity (Wildman–Crippen MR) is 118 cm³/mol. The van der Waals surface area contributed by atoms with Crippen LogP contribution in [-0.4, -0.2) is 39.4 Å². The van der Waals surface area contributed by atoms with Gasteiger partial charge in [-0.1, -0.05) is 35.9 Å². The highest BCUT2D eigenvalue weighted by molar-refractivity contribution is 5.78. The standard InChI is InChI=1S/C24H31N3O3/c1-17-7-8-22(28-2)19(15-17)24(10-13-29-14-11-24)16-26-23(25)27-20-9-12-30-21-6-4-3-5-18(20)21/h3-8,15,20H,9-14,16H2,1-2H3,(H3,25,26,27). The van der Waals surface area contributed by atoms with Crippen molar-refractivity contribution in [3.63, 3.8) is 0 Å². The Morgan fingerprint density at radius 3 is 2.80 bits per heavy atom. The van der Waals surface area contributed by atoms with E-state index < -0.39 is 0 Å². The molecule has 2 aromatic carbocycles. The molecular formula is C24H31N3O3. The lowest BCUT2D eigenvalue weighted by atomic mass is 9.73. The quantitative estimate of drug-likeness (QED) is 0.584. The van der Waals surface area contributed by atoms with E-state index in [0.29, 0.717) is 32.3 Å². The minimum Gasteiger partial charge on any atom is -0.496 e. The van der Waals surface area contributed by atoms with E-state index in [1.807, 2.05) is 24.3 Å². The zero-order valence-electron chi connectivity index (χ0n) is 17.8. The van der Waals surface area contributed by atoms with Crippen LogP contribution in [0.25, 0.3) is 0 Å². The first kappa shape index (κ1) is 20.5.